The summed E-state index contributed by atoms with van der Waals surface area (Å²) in [5, 5.41) is 11.4. The van der Waals surface area contributed by atoms with Crippen molar-refractivity contribution in [3.8, 4) is 0 Å². The lowest BCUT2D eigenvalue weighted by molar-refractivity contribution is 0.259. The molecule has 13 heavy (non-hydrogen) atoms. The van der Waals surface area contributed by atoms with Gasteiger partial charge in [-0.3, -0.25) is 0 Å². The Morgan fingerprint density at radius 1 is 1.54 bits per heavy atom. The highest BCUT2D eigenvalue weighted by molar-refractivity contribution is 7.10. The lowest BCUT2D eigenvalue weighted by atomic mass is 9.95. The van der Waals surface area contributed by atoms with Crippen molar-refractivity contribution in [2.45, 2.75) is 24.7 Å². The molecule has 2 saturated carbocycles. The fraction of sp³-hybridized carbons (Fsp3) is 0.636. The van der Waals surface area contributed by atoms with Gasteiger partial charge in [0.05, 0.1) is 0 Å². The molecular formula is C11H14OS. The van der Waals surface area contributed by atoms with Gasteiger partial charge in [-0.1, -0.05) is 6.07 Å². The molecule has 70 valence electrons. The van der Waals surface area contributed by atoms with E-state index in [1.54, 1.807) is 0 Å². The van der Waals surface area contributed by atoms with Crippen molar-refractivity contribution >= 4 is 11.3 Å². The minimum absolute atomic E-state index is 0.383. The SMILES string of the molecule is OCC1CC1(c1cccs1)C1CC1. The van der Waals surface area contributed by atoms with Gasteiger partial charge in [0.25, 0.3) is 0 Å². The molecule has 0 aromatic carbocycles. The van der Waals surface area contributed by atoms with Crippen LogP contribution in [0.25, 0.3) is 0 Å². The summed E-state index contributed by atoms with van der Waals surface area (Å²) < 4.78 is 0. The van der Waals surface area contributed by atoms with Gasteiger partial charge in [0.15, 0.2) is 0 Å². The third kappa shape index (κ3) is 1.02. The first-order valence-corrected chi connectivity index (χ1v) is 5.90. The number of thiophene rings is 1. The molecule has 1 N–H and O–H groups in total. The molecule has 3 rings (SSSR count). The van der Waals surface area contributed by atoms with Crippen LogP contribution in [0.5, 0.6) is 0 Å². The molecule has 1 aromatic heterocycles. The molecule has 0 saturated heterocycles. The zero-order valence-corrected chi connectivity index (χ0v) is 8.39. The van der Waals surface area contributed by atoms with Crippen LogP contribution in [0.3, 0.4) is 0 Å². The number of aliphatic hydroxyl groups excluding tert-OH is 1. The zero-order chi connectivity index (χ0) is 8.89. The second-order valence-electron chi connectivity index (χ2n) is 4.38. The van der Waals surface area contributed by atoms with Crippen LogP contribution in [-0.2, 0) is 5.41 Å². The van der Waals surface area contributed by atoms with Gasteiger partial charge >= 0.3 is 0 Å². The Labute approximate surface area is 82.4 Å². The van der Waals surface area contributed by atoms with Gasteiger partial charge in [0.2, 0.25) is 0 Å². The quantitative estimate of drug-likeness (QED) is 0.783. The Hall–Kier alpha value is -0.340. The zero-order valence-electron chi connectivity index (χ0n) is 7.57. The maximum Gasteiger partial charge on any atom is 0.0468 e. The summed E-state index contributed by atoms with van der Waals surface area (Å²) in [5.41, 5.74) is 0.420. The average molecular weight is 194 g/mol. The molecular weight excluding hydrogens is 180 g/mol. The van der Waals surface area contributed by atoms with Crippen LogP contribution in [-0.4, -0.2) is 11.7 Å². The van der Waals surface area contributed by atoms with Crippen LogP contribution < -0.4 is 0 Å². The molecule has 0 spiro atoms. The molecule has 0 radical (unpaired) electrons. The maximum atomic E-state index is 9.22. The van der Waals surface area contributed by atoms with Crippen molar-refractivity contribution in [2.24, 2.45) is 11.8 Å². The van der Waals surface area contributed by atoms with E-state index in [4.69, 9.17) is 0 Å². The summed E-state index contributed by atoms with van der Waals surface area (Å²) in [6, 6.07) is 4.38. The van der Waals surface area contributed by atoms with Crippen molar-refractivity contribution in [1.82, 2.24) is 0 Å². The molecule has 1 nitrogen and oxygen atoms in total. The Morgan fingerprint density at radius 3 is 2.85 bits per heavy atom. The van der Waals surface area contributed by atoms with E-state index < -0.39 is 0 Å². The van der Waals surface area contributed by atoms with E-state index in [1.165, 1.54) is 24.1 Å². The second-order valence-corrected chi connectivity index (χ2v) is 5.32. The molecule has 2 unspecified atom stereocenters. The van der Waals surface area contributed by atoms with Crippen molar-refractivity contribution in [2.75, 3.05) is 6.61 Å². The molecule has 0 aliphatic heterocycles. The van der Waals surface area contributed by atoms with E-state index in [1.807, 2.05) is 11.3 Å². The topological polar surface area (TPSA) is 20.2 Å². The maximum absolute atomic E-state index is 9.22. The van der Waals surface area contributed by atoms with Crippen LogP contribution in [0.4, 0.5) is 0 Å². The highest BCUT2D eigenvalue weighted by atomic mass is 32.1. The summed E-state index contributed by atoms with van der Waals surface area (Å²) in [6.07, 6.45) is 4.00. The number of rotatable bonds is 3. The summed E-state index contributed by atoms with van der Waals surface area (Å²) in [4.78, 5) is 1.52. The molecule has 2 aliphatic rings. The first-order chi connectivity index (χ1) is 6.38. The molecule has 2 atom stereocenters. The summed E-state index contributed by atoms with van der Waals surface area (Å²) in [6.45, 7) is 0.383. The molecule has 0 amide bonds. The van der Waals surface area contributed by atoms with Crippen LogP contribution in [0.2, 0.25) is 0 Å². The first kappa shape index (κ1) is 8.01. The normalized spacial score (nSPS) is 37.8. The molecule has 2 heteroatoms. The third-order valence-electron chi connectivity index (χ3n) is 3.66. The molecule has 2 fully saturated rings. The standard InChI is InChI=1S/C11H14OS/c12-7-9-6-11(9,8-3-4-8)10-2-1-5-13-10/h1-2,5,8-9,12H,3-4,6-7H2. The van der Waals surface area contributed by atoms with Crippen molar-refractivity contribution in [1.29, 1.82) is 0 Å². The van der Waals surface area contributed by atoms with Crippen LogP contribution in [0, 0.1) is 11.8 Å². The second kappa shape index (κ2) is 2.58. The Morgan fingerprint density at radius 2 is 2.38 bits per heavy atom. The smallest absolute Gasteiger partial charge is 0.0468 e. The highest BCUT2D eigenvalue weighted by Gasteiger charge is 2.62. The van der Waals surface area contributed by atoms with E-state index in [0.717, 1.165) is 5.92 Å². The number of hydrogen-bond donors (Lipinski definition) is 1. The Kier molecular flexibility index (Phi) is 1.59. The summed E-state index contributed by atoms with van der Waals surface area (Å²) >= 11 is 1.87. The molecule has 2 aliphatic carbocycles. The van der Waals surface area contributed by atoms with E-state index in [-0.39, 0.29) is 0 Å². The van der Waals surface area contributed by atoms with Crippen LogP contribution in [0.15, 0.2) is 17.5 Å². The van der Waals surface area contributed by atoms with Crippen molar-refractivity contribution in [3.05, 3.63) is 22.4 Å². The van der Waals surface area contributed by atoms with Gasteiger partial charge in [0.1, 0.15) is 0 Å². The molecule has 1 heterocycles. The fourth-order valence-electron chi connectivity index (χ4n) is 2.72. The van der Waals surface area contributed by atoms with Crippen LogP contribution in [0.1, 0.15) is 24.1 Å². The highest BCUT2D eigenvalue weighted by Crippen LogP contribution is 2.66. The Bertz CT molecular complexity index is 302. The van der Waals surface area contributed by atoms with Crippen LogP contribution >= 0.6 is 11.3 Å². The van der Waals surface area contributed by atoms with Crippen molar-refractivity contribution in [3.63, 3.8) is 0 Å². The largest absolute Gasteiger partial charge is 0.396 e. The summed E-state index contributed by atoms with van der Waals surface area (Å²) in [5.74, 6) is 1.46. The lowest BCUT2D eigenvalue weighted by Crippen LogP contribution is -2.12. The fourth-order valence-corrected chi connectivity index (χ4v) is 3.82. The first-order valence-electron chi connectivity index (χ1n) is 5.03. The van der Waals surface area contributed by atoms with Gasteiger partial charge < -0.3 is 5.11 Å². The van der Waals surface area contributed by atoms with E-state index >= 15 is 0 Å². The van der Waals surface area contributed by atoms with E-state index in [9.17, 15) is 5.11 Å². The third-order valence-corrected chi connectivity index (χ3v) is 4.72. The minimum Gasteiger partial charge on any atom is -0.396 e. The average Bonchev–Trinajstić information content (AvgIpc) is 3.04. The minimum atomic E-state index is 0.383. The van der Waals surface area contributed by atoms with Gasteiger partial charge in [-0.2, -0.15) is 0 Å². The number of hydrogen-bond acceptors (Lipinski definition) is 2. The predicted molar refractivity (Wildman–Crippen MR) is 53.9 cm³/mol. The van der Waals surface area contributed by atoms with Gasteiger partial charge in [-0.15, -0.1) is 11.3 Å². The van der Waals surface area contributed by atoms with Gasteiger partial charge in [-0.05, 0) is 42.5 Å². The summed E-state index contributed by atoms with van der Waals surface area (Å²) in [7, 11) is 0. The Balaban J connectivity index is 1.93. The van der Waals surface area contributed by atoms with E-state index in [2.05, 4.69) is 17.5 Å². The van der Waals surface area contributed by atoms with E-state index in [0.29, 0.717) is 17.9 Å². The monoisotopic (exact) mass is 194 g/mol. The van der Waals surface area contributed by atoms with Gasteiger partial charge in [-0.25, -0.2) is 0 Å². The molecule has 1 aromatic rings. The predicted octanol–water partition coefficient (Wildman–Crippen LogP) is 2.41. The van der Waals surface area contributed by atoms with Gasteiger partial charge in [0, 0.05) is 16.9 Å². The molecule has 0 bridgehead atoms. The lowest BCUT2D eigenvalue weighted by Gasteiger charge is -2.13. The number of aliphatic hydroxyl groups is 1. The van der Waals surface area contributed by atoms with Crippen molar-refractivity contribution < 1.29 is 5.11 Å².